The number of halogens is 3. The Labute approximate surface area is 147 Å². The Bertz CT molecular complexity index is 739. The van der Waals surface area contributed by atoms with Gasteiger partial charge in [0.15, 0.2) is 0 Å². The molecule has 7 nitrogen and oxygen atoms in total. The smallest absolute Gasteiger partial charge is 0.428 e. The molecule has 1 fully saturated rings. The minimum absolute atomic E-state index is 0.0378. The Morgan fingerprint density at radius 3 is 2.73 bits per heavy atom. The Hall–Kier alpha value is -2.78. The number of benzene rings is 1. The topological polar surface area (TPSA) is 91.8 Å². The summed E-state index contributed by atoms with van der Waals surface area (Å²) in [5.74, 6) is 0.0314. The number of ether oxygens (including phenoxy) is 1. The third-order valence-corrected chi connectivity index (χ3v) is 4.23. The Kier molecular flexibility index (Phi) is 5.01. The van der Waals surface area contributed by atoms with Crippen LogP contribution in [0.2, 0.25) is 0 Å². The quantitative estimate of drug-likeness (QED) is 0.757. The lowest BCUT2D eigenvalue weighted by Gasteiger charge is -2.24. The van der Waals surface area contributed by atoms with Gasteiger partial charge in [0.05, 0.1) is 5.56 Å². The molecule has 1 aromatic rings. The van der Waals surface area contributed by atoms with E-state index in [9.17, 15) is 22.8 Å². The molecule has 3 rings (SSSR count). The van der Waals surface area contributed by atoms with Crippen LogP contribution in [0.25, 0.3) is 0 Å². The Balaban J connectivity index is 1.77. The largest absolute Gasteiger partial charge is 0.442 e. The van der Waals surface area contributed by atoms with E-state index in [4.69, 9.17) is 4.74 Å². The van der Waals surface area contributed by atoms with E-state index in [2.05, 4.69) is 21.2 Å². The van der Waals surface area contributed by atoms with Crippen LogP contribution >= 0.6 is 0 Å². The first-order chi connectivity index (χ1) is 12.3. The van der Waals surface area contributed by atoms with Gasteiger partial charge in [0.25, 0.3) is 0 Å². The highest BCUT2D eigenvalue weighted by Crippen LogP contribution is 2.36. The number of nitrogens with zero attached hydrogens (tertiary/aromatic N) is 1. The predicted molar refractivity (Wildman–Crippen MR) is 86.7 cm³/mol. The molecule has 0 spiro atoms. The van der Waals surface area contributed by atoms with E-state index >= 15 is 0 Å². The maximum atomic E-state index is 13.4. The molecule has 26 heavy (non-hydrogen) atoms. The van der Waals surface area contributed by atoms with Gasteiger partial charge in [-0.25, -0.2) is 10.2 Å². The number of carbonyl (C=O) groups excluding carboxylic acids is 2. The fraction of sp³-hybridized carbons (Fsp3) is 0.438. The molecule has 0 saturated carbocycles. The number of hydrogen-bond acceptors (Lipinski definition) is 5. The van der Waals surface area contributed by atoms with Gasteiger partial charge in [0, 0.05) is 30.8 Å². The molecular formula is C16H17F3N4O3. The molecule has 2 aliphatic heterocycles. The zero-order valence-corrected chi connectivity index (χ0v) is 13.7. The van der Waals surface area contributed by atoms with E-state index < -0.39 is 17.8 Å². The number of carbonyl (C=O) groups is 2. The number of hydrazone groups is 1. The van der Waals surface area contributed by atoms with Crippen LogP contribution in [0.1, 0.15) is 24.0 Å². The minimum atomic E-state index is -4.56. The van der Waals surface area contributed by atoms with Gasteiger partial charge < -0.3 is 15.4 Å². The van der Waals surface area contributed by atoms with Crippen molar-refractivity contribution >= 4 is 23.4 Å². The first-order valence-corrected chi connectivity index (χ1v) is 8.04. The fourth-order valence-corrected chi connectivity index (χ4v) is 2.78. The summed E-state index contributed by atoms with van der Waals surface area (Å²) in [4.78, 5) is 22.1. The molecule has 1 atom stereocenters. The second-order valence-electron chi connectivity index (χ2n) is 6.09. The van der Waals surface area contributed by atoms with Crippen LogP contribution in [0.15, 0.2) is 23.3 Å². The molecule has 140 valence electrons. The highest BCUT2D eigenvalue weighted by molar-refractivity contribution is 6.04. The first-order valence-electron chi connectivity index (χ1n) is 8.04. The van der Waals surface area contributed by atoms with E-state index in [0.29, 0.717) is 25.9 Å². The number of hydrogen-bond donors (Lipinski definition) is 3. The molecule has 0 radical (unpaired) electrons. The summed E-state index contributed by atoms with van der Waals surface area (Å²) in [5.41, 5.74) is 1.62. The van der Waals surface area contributed by atoms with Crippen LogP contribution in [0.5, 0.6) is 0 Å². The lowest BCUT2D eigenvalue weighted by atomic mass is 9.98. The summed E-state index contributed by atoms with van der Waals surface area (Å²) in [5, 5.41) is 9.26. The van der Waals surface area contributed by atoms with Gasteiger partial charge in [-0.3, -0.25) is 4.79 Å². The summed E-state index contributed by atoms with van der Waals surface area (Å²) < 4.78 is 45.0. The number of cyclic esters (lactones) is 1. The summed E-state index contributed by atoms with van der Waals surface area (Å²) in [6.07, 6.45) is -4.30. The van der Waals surface area contributed by atoms with E-state index in [0.717, 1.165) is 6.07 Å². The van der Waals surface area contributed by atoms with Crippen LogP contribution in [0.4, 0.5) is 23.7 Å². The van der Waals surface area contributed by atoms with E-state index in [1.165, 1.54) is 12.1 Å². The monoisotopic (exact) mass is 370 g/mol. The number of alkyl halides is 3. The van der Waals surface area contributed by atoms with E-state index in [-0.39, 0.29) is 35.4 Å². The highest BCUT2D eigenvalue weighted by Gasteiger charge is 2.34. The van der Waals surface area contributed by atoms with E-state index in [1.54, 1.807) is 0 Å². The maximum absolute atomic E-state index is 13.4. The van der Waals surface area contributed by atoms with Crippen molar-refractivity contribution in [3.63, 3.8) is 0 Å². The molecular weight excluding hydrogens is 353 g/mol. The highest BCUT2D eigenvalue weighted by atomic mass is 19.4. The number of anilines is 1. The van der Waals surface area contributed by atoms with Gasteiger partial charge in [-0.15, -0.1) is 0 Å². The van der Waals surface area contributed by atoms with Crippen molar-refractivity contribution in [1.29, 1.82) is 0 Å². The predicted octanol–water partition coefficient (Wildman–Crippen LogP) is 2.09. The molecule has 0 aromatic heterocycles. The van der Waals surface area contributed by atoms with Crippen LogP contribution < -0.4 is 16.1 Å². The lowest BCUT2D eigenvalue weighted by molar-refractivity contribution is -0.137. The van der Waals surface area contributed by atoms with Gasteiger partial charge in [-0.1, -0.05) is 6.07 Å². The number of rotatable bonds is 4. The zero-order valence-electron chi connectivity index (χ0n) is 13.7. The summed E-state index contributed by atoms with van der Waals surface area (Å²) in [6, 6.07) is 3.79. The molecule has 1 saturated heterocycles. The zero-order chi connectivity index (χ0) is 18.7. The van der Waals surface area contributed by atoms with Gasteiger partial charge in [0.2, 0.25) is 5.91 Å². The maximum Gasteiger partial charge on any atom is 0.428 e. The van der Waals surface area contributed by atoms with Crippen molar-refractivity contribution in [1.82, 2.24) is 10.7 Å². The molecule has 1 aromatic carbocycles. The van der Waals surface area contributed by atoms with Crippen LogP contribution in [-0.2, 0) is 15.7 Å². The van der Waals surface area contributed by atoms with Gasteiger partial charge in [-0.2, -0.15) is 18.3 Å². The van der Waals surface area contributed by atoms with Crippen molar-refractivity contribution in [3.05, 3.63) is 29.3 Å². The van der Waals surface area contributed by atoms with Crippen LogP contribution in [-0.4, -0.2) is 37.4 Å². The molecule has 2 heterocycles. The fourth-order valence-electron chi connectivity index (χ4n) is 2.78. The van der Waals surface area contributed by atoms with Crippen molar-refractivity contribution in [3.8, 4) is 0 Å². The number of piperidine rings is 1. The third-order valence-electron chi connectivity index (χ3n) is 4.23. The standard InChI is InChI=1S/C16H17F3N4O3/c17-16(18,19)11-5-10(13-8-26-15(25)23-22-13)2-3-12(11)20-6-9-1-4-14(24)21-7-9/h2-3,5,9,20H,1,4,6-8H2,(H,21,24)(H,23,25)/t9-/m1/s1. The van der Waals surface area contributed by atoms with Crippen LogP contribution in [0, 0.1) is 5.92 Å². The number of amides is 2. The first kappa shape index (κ1) is 18.0. The van der Waals surface area contributed by atoms with Gasteiger partial charge in [-0.05, 0) is 24.5 Å². The Morgan fingerprint density at radius 2 is 2.12 bits per heavy atom. The number of nitrogens with one attached hydrogen (secondary N) is 3. The SMILES string of the molecule is O=C1CC[C@H](CNc2ccc(C3=NNC(=O)OC3)cc2C(F)(F)F)CN1. The average molecular weight is 370 g/mol. The van der Waals surface area contributed by atoms with Crippen molar-refractivity contribution < 1.29 is 27.5 Å². The Morgan fingerprint density at radius 1 is 1.31 bits per heavy atom. The molecule has 3 N–H and O–H groups in total. The average Bonchev–Trinajstić information content (AvgIpc) is 2.61. The summed E-state index contributed by atoms with van der Waals surface area (Å²) >= 11 is 0. The van der Waals surface area contributed by atoms with Crippen molar-refractivity contribution in [2.24, 2.45) is 11.0 Å². The minimum Gasteiger partial charge on any atom is -0.442 e. The van der Waals surface area contributed by atoms with Crippen molar-refractivity contribution in [2.75, 3.05) is 25.0 Å². The molecule has 0 unspecified atom stereocenters. The molecule has 2 amide bonds. The molecule has 2 aliphatic rings. The van der Waals surface area contributed by atoms with Crippen molar-refractivity contribution in [2.45, 2.75) is 19.0 Å². The van der Waals surface area contributed by atoms with Gasteiger partial charge >= 0.3 is 12.3 Å². The molecule has 0 aliphatic carbocycles. The summed E-state index contributed by atoms with van der Waals surface area (Å²) in [7, 11) is 0. The third kappa shape index (κ3) is 4.24. The van der Waals surface area contributed by atoms with Gasteiger partial charge in [0.1, 0.15) is 12.3 Å². The van der Waals surface area contributed by atoms with E-state index in [1.807, 2.05) is 0 Å². The second kappa shape index (κ2) is 7.22. The normalized spacial score (nSPS) is 20.6. The summed E-state index contributed by atoms with van der Waals surface area (Å²) in [6.45, 7) is 0.569. The molecule has 10 heteroatoms. The van der Waals surface area contributed by atoms with Crippen LogP contribution in [0.3, 0.4) is 0 Å². The second-order valence-corrected chi connectivity index (χ2v) is 6.09. The lowest BCUT2D eigenvalue weighted by Crippen LogP contribution is -2.37. The molecule has 0 bridgehead atoms.